The number of fused-ring (bicyclic) bond motifs is 1. The second-order valence-corrected chi connectivity index (χ2v) is 8.98. The van der Waals surface area contributed by atoms with Crippen molar-refractivity contribution < 1.29 is 13.2 Å². The van der Waals surface area contributed by atoms with Gasteiger partial charge < -0.3 is 4.90 Å². The summed E-state index contributed by atoms with van der Waals surface area (Å²) in [6.07, 6.45) is 2.20. The normalized spacial score (nSPS) is 14.0. The van der Waals surface area contributed by atoms with Gasteiger partial charge >= 0.3 is 0 Å². The summed E-state index contributed by atoms with van der Waals surface area (Å²) in [7, 11) is -0.532. The van der Waals surface area contributed by atoms with Crippen LogP contribution in [0.25, 0.3) is 0 Å². The Morgan fingerprint density at radius 3 is 2.68 bits per heavy atom. The molecule has 6 nitrogen and oxygen atoms in total. The highest BCUT2D eigenvalue weighted by molar-refractivity contribution is 7.99. The van der Waals surface area contributed by atoms with Crippen LogP contribution in [-0.2, 0) is 21.2 Å². The zero-order chi connectivity index (χ0) is 18.0. The molecule has 25 heavy (non-hydrogen) atoms. The van der Waals surface area contributed by atoms with Crippen LogP contribution in [0.5, 0.6) is 0 Å². The molecule has 1 amide bonds. The first-order valence-corrected chi connectivity index (χ1v) is 10.2. The van der Waals surface area contributed by atoms with E-state index in [-0.39, 0.29) is 16.6 Å². The van der Waals surface area contributed by atoms with Gasteiger partial charge in [-0.15, -0.1) is 0 Å². The molecule has 1 aliphatic rings. The van der Waals surface area contributed by atoms with E-state index in [0.29, 0.717) is 11.6 Å². The third kappa shape index (κ3) is 3.70. The Labute approximate surface area is 151 Å². The number of para-hydroxylation sites is 1. The third-order valence-electron chi connectivity index (χ3n) is 4.02. The van der Waals surface area contributed by atoms with E-state index in [9.17, 15) is 13.2 Å². The molecule has 0 unspecified atom stereocenters. The number of hydrogen-bond donors (Lipinski definition) is 0. The van der Waals surface area contributed by atoms with Crippen molar-refractivity contribution in [1.82, 2.24) is 9.29 Å². The minimum atomic E-state index is -3.49. The summed E-state index contributed by atoms with van der Waals surface area (Å²) in [5.41, 5.74) is 2.17. The van der Waals surface area contributed by atoms with E-state index >= 15 is 0 Å². The number of benzene rings is 1. The summed E-state index contributed by atoms with van der Waals surface area (Å²) in [4.78, 5) is 18.6. The van der Waals surface area contributed by atoms with Gasteiger partial charge in [-0.2, -0.15) is 0 Å². The predicted octanol–water partition coefficient (Wildman–Crippen LogP) is 2.01. The Bertz CT molecular complexity index is 880. The number of amides is 1. The molecular formula is C17H19N3O3S2. The highest BCUT2D eigenvalue weighted by Crippen LogP contribution is 2.28. The number of carbonyl (C=O) groups is 1. The largest absolute Gasteiger partial charge is 0.311 e. The van der Waals surface area contributed by atoms with E-state index in [1.165, 1.54) is 43.7 Å². The van der Waals surface area contributed by atoms with Crippen molar-refractivity contribution in [2.24, 2.45) is 0 Å². The van der Waals surface area contributed by atoms with Crippen LogP contribution in [0.3, 0.4) is 0 Å². The Morgan fingerprint density at radius 2 is 2.00 bits per heavy atom. The SMILES string of the molecule is CN(C)S(=O)(=O)c1ccc(SCC(=O)N2CCc3ccccc32)nc1. The zero-order valence-corrected chi connectivity index (χ0v) is 15.7. The lowest BCUT2D eigenvalue weighted by Gasteiger charge is -2.17. The fourth-order valence-electron chi connectivity index (χ4n) is 2.63. The first kappa shape index (κ1) is 17.9. The molecular weight excluding hydrogens is 358 g/mol. The Hall–Kier alpha value is -1.90. The van der Waals surface area contributed by atoms with Gasteiger partial charge in [-0.1, -0.05) is 30.0 Å². The zero-order valence-electron chi connectivity index (χ0n) is 14.0. The Balaban J connectivity index is 1.64. The quantitative estimate of drug-likeness (QED) is 0.746. The van der Waals surface area contributed by atoms with E-state index in [1.807, 2.05) is 24.3 Å². The average molecular weight is 377 g/mol. The molecule has 0 saturated carbocycles. The molecule has 0 radical (unpaired) electrons. The number of nitrogens with zero attached hydrogens (tertiary/aromatic N) is 3. The fourth-order valence-corrected chi connectivity index (χ4v) is 4.19. The first-order valence-electron chi connectivity index (χ1n) is 7.79. The molecule has 1 aromatic carbocycles. The summed E-state index contributed by atoms with van der Waals surface area (Å²) < 4.78 is 25.2. The molecule has 2 aromatic rings. The van der Waals surface area contributed by atoms with E-state index in [2.05, 4.69) is 4.98 Å². The number of hydrogen-bond acceptors (Lipinski definition) is 5. The fraction of sp³-hybridized carbons (Fsp3) is 0.294. The topological polar surface area (TPSA) is 70.6 Å². The molecule has 2 heterocycles. The summed E-state index contributed by atoms with van der Waals surface area (Å²) in [6.45, 7) is 0.701. The number of aromatic nitrogens is 1. The van der Waals surface area contributed by atoms with Crippen molar-refractivity contribution in [3.63, 3.8) is 0 Å². The highest BCUT2D eigenvalue weighted by atomic mass is 32.2. The van der Waals surface area contributed by atoms with Crippen molar-refractivity contribution in [3.05, 3.63) is 48.2 Å². The molecule has 0 aliphatic carbocycles. The van der Waals surface area contributed by atoms with Gasteiger partial charge in [0, 0.05) is 32.5 Å². The van der Waals surface area contributed by atoms with Crippen molar-refractivity contribution in [2.75, 3.05) is 31.3 Å². The minimum Gasteiger partial charge on any atom is -0.311 e. The van der Waals surface area contributed by atoms with Gasteiger partial charge in [0.2, 0.25) is 15.9 Å². The summed E-state index contributed by atoms with van der Waals surface area (Å²) >= 11 is 1.31. The molecule has 0 spiro atoms. The first-order chi connectivity index (χ1) is 11.9. The smallest absolute Gasteiger partial charge is 0.244 e. The predicted molar refractivity (Wildman–Crippen MR) is 98.3 cm³/mol. The lowest BCUT2D eigenvalue weighted by Crippen LogP contribution is -2.30. The average Bonchev–Trinajstić information content (AvgIpc) is 3.04. The monoisotopic (exact) mass is 377 g/mol. The van der Waals surface area contributed by atoms with Gasteiger partial charge in [-0.25, -0.2) is 17.7 Å². The number of thioether (sulfide) groups is 1. The summed E-state index contributed by atoms with van der Waals surface area (Å²) in [5.74, 6) is 0.294. The van der Waals surface area contributed by atoms with Crippen LogP contribution in [0.4, 0.5) is 5.69 Å². The third-order valence-corrected chi connectivity index (χ3v) is 6.75. The van der Waals surface area contributed by atoms with E-state index in [1.54, 1.807) is 11.0 Å². The maximum atomic E-state index is 12.5. The molecule has 0 bridgehead atoms. The number of sulfonamides is 1. The van der Waals surface area contributed by atoms with Crippen LogP contribution in [0.2, 0.25) is 0 Å². The number of carbonyl (C=O) groups excluding carboxylic acids is 1. The number of pyridine rings is 1. The van der Waals surface area contributed by atoms with Crippen LogP contribution in [0.1, 0.15) is 5.56 Å². The summed E-state index contributed by atoms with van der Waals surface area (Å²) in [5, 5.41) is 0.624. The van der Waals surface area contributed by atoms with Crippen molar-refractivity contribution in [1.29, 1.82) is 0 Å². The lowest BCUT2D eigenvalue weighted by atomic mass is 10.2. The van der Waals surface area contributed by atoms with Crippen LogP contribution >= 0.6 is 11.8 Å². The maximum absolute atomic E-state index is 12.5. The maximum Gasteiger partial charge on any atom is 0.244 e. The second kappa shape index (κ2) is 7.15. The highest BCUT2D eigenvalue weighted by Gasteiger charge is 2.24. The van der Waals surface area contributed by atoms with Crippen molar-refractivity contribution in [3.8, 4) is 0 Å². The van der Waals surface area contributed by atoms with Crippen LogP contribution in [-0.4, -0.2) is 50.0 Å². The lowest BCUT2D eigenvalue weighted by molar-refractivity contribution is -0.116. The van der Waals surface area contributed by atoms with Gasteiger partial charge in [0.15, 0.2) is 0 Å². The van der Waals surface area contributed by atoms with Crippen LogP contribution < -0.4 is 4.90 Å². The molecule has 1 aromatic heterocycles. The molecule has 8 heteroatoms. The van der Waals surface area contributed by atoms with Gasteiger partial charge in [-0.3, -0.25) is 4.79 Å². The molecule has 0 atom stereocenters. The Kier molecular flexibility index (Phi) is 5.12. The van der Waals surface area contributed by atoms with E-state index in [4.69, 9.17) is 0 Å². The molecule has 0 fully saturated rings. The summed E-state index contributed by atoms with van der Waals surface area (Å²) in [6, 6.07) is 11.1. The van der Waals surface area contributed by atoms with Crippen LogP contribution in [0, 0.1) is 0 Å². The number of rotatable bonds is 5. The van der Waals surface area contributed by atoms with Crippen molar-refractivity contribution >= 4 is 33.4 Å². The van der Waals surface area contributed by atoms with Crippen molar-refractivity contribution in [2.45, 2.75) is 16.3 Å². The molecule has 132 valence electrons. The van der Waals surface area contributed by atoms with Gasteiger partial charge in [0.25, 0.3) is 0 Å². The Morgan fingerprint density at radius 1 is 1.24 bits per heavy atom. The number of anilines is 1. The molecule has 3 rings (SSSR count). The molecule has 1 aliphatic heterocycles. The van der Waals surface area contributed by atoms with E-state index in [0.717, 1.165) is 16.4 Å². The minimum absolute atomic E-state index is 0.0294. The van der Waals surface area contributed by atoms with Gasteiger partial charge in [0.1, 0.15) is 4.90 Å². The van der Waals surface area contributed by atoms with E-state index < -0.39 is 10.0 Å². The van der Waals surface area contributed by atoms with Gasteiger partial charge in [-0.05, 0) is 30.2 Å². The second-order valence-electron chi connectivity index (χ2n) is 5.83. The van der Waals surface area contributed by atoms with Gasteiger partial charge in [0.05, 0.1) is 10.8 Å². The molecule has 0 saturated heterocycles. The molecule has 0 N–H and O–H groups in total. The standard InChI is InChI=1S/C17H19N3O3S2/c1-19(2)25(22,23)14-7-8-16(18-11-14)24-12-17(21)20-10-9-13-5-3-4-6-15(13)20/h3-8,11H,9-10,12H2,1-2H3. The van der Waals surface area contributed by atoms with Crippen LogP contribution in [0.15, 0.2) is 52.5 Å².